The molecule has 0 saturated carbocycles. The summed E-state index contributed by atoms with van der Waals surface area (Å²) >= 11 is 0. The lowest BCUT2D eigenvalue weighted by molar-refractivity contribution is 0.585. The Morgan fingerprint density at radius 2 is 1.81 bits per heavy atom. The first-order valence-electron chi connectivity index (χ1n) is 4.41. The van der Waals surface area contributed by atoms with Gasteiger partial charge in [-0.25, -0.2) is 13.1 Å². The summed E-state index contributed by atoms with van der Waals surface area (Å²) in [4.78, 5) is 0. The molecule has 0 saturated heterocycles. The largest absolute Gasteiger partial charge is 0.225 e. The predicted molar refractivity (Wildman–Crippen MR) is 57.4 cm³/mol. The highest BCUT2D eigenvalue weighted by Crippen LogP contribution is 2.03. The van der Waals surface area contributed by atoms with Gasteiger partial charge in [0.25, 0.3) is 0 Å². The molecule has 0 bridgehead atoms. The molecule has 0 fully saturated rings. The molecule has 0 heterocycles. The van der Waals surface area contributed by atoms with Crippen LogP contribution in [0.25, 0.3) is 0 Å². The fourth-order valence-corrected chi connectivity index (χ4v) is 1.69. The van der Waals surface area contributed by atoms with Gasteiger partial charge >= 0.3 is 0 Å². The molecule has 0 spiro atoms. The molecular formula is C10H9N3O2S. The highest BCUT2D eigenvalue weighted by atomic mass is 32.2. The van der Waals surface area contributed by atoms with Crippen molar-refractivity contribution in [2.24, 2.45) is 0 Å². The molecule has 0 unspecified atom stereocenters. The Morgan fingerprint density at radius 1 is 1.19 bits per heavy atom. The second kappa shape index (κ2) is 5.26. The molecule has 1 aromatic rings. The van der Waals surface area contributed by atoms with Gasteiger partial charge in [-0.3, -0.25) is 0 Å². The fourth-order valence-electron chi connectivity index (χ4n) is 1.03. The van der Waals surface area contributed by atoms with E-state index in [9.17, 15) is 8.42 Å². The number of hydrogen-bond donors (Lipinski definition) is 1. The summed E-state index contributed by atoms with van der Waals surface area (Å²) < 4.78 is 24.6. The normalized spacial score (nSPS) is 10.4. The molecule has 0 aliphatic heterocycles. The number of rotatable bonds is 4. The fraction of sp³-hybridized carbons (Fsp3) is 0.200. The maximum atomic E-state index is 11.1. The summed E-state index contributed by atoms with van der Waals surface area (Å²) in [5, 5.41) is 16.8. The topological polar surface area (TPSA) is 93.8 Å². The lowest BCUT2D eigenvalue weighted by atomic mass is 10.1. The molecule has 1 aromatic carbocycles. The summed E-state index contributed by atoms with van der Waals surface area (Å²) in [6.07, 6.45) is 0. The minimum absolute atomic E-state index is 0.121. The molecule has 6 heteroatoms. The van der Waals surface area contributed by atoms with Gasteiger partial charge in [0.05, 0.1) is 17.7 Å². The van der Waals surface area contributed by atoms with Crippen LogP contribution < -0.4 is 4.72 Å². The van der Waals surface area contributed by atoms with E-state index in [0.717, 1.165) is 5.56 Å². The van der Waals surface area contributed by atoms with E-state index in [1.165, 1.54) is 0 Å². The Balaban J connectivity index is 2.63. The van der Waals surface area contributed by atoms with E-state index in [4.69, 9.17) is 10.5 Å². The van der Waals surface area contributed by atoms with Crippen LogP contribution in [0, 0.1) is 22.7 Å². The maximum Gasteiger partial charge on any atom is 0.225 e. The van der Waals surface area contributed by atoms with Gasteiger partial charge in [0.15, 0.2) is 5.75 Å². The summed E-state index contributed by atoms with van der Waals surface area (Å²) in [6.45, 7) is 0.121. The van der Waals surface area contributed by atoms with Crippen molar-refractivity contribution in [1.29, 1.82) is 10.5 Å². The van der Waals surface area contributed by atoms with Crippen LogP contribution >= 0.6 is 0 Å². The molecule has 16 heavy (non-hydrogen) atoms. The van der Waals surface area contributed by atoms with Crippen LogP contribution in [-0.4, -0.2) is 14.2 Å². The maximum absolute atomic E-state index is 11.1. The molecule has 1 rings (SSSR count). The van der Waals surface area contributed by atoms with Crippen molar-refractivity contribution >= 4 is 10.0 Å². The van der Waals surface area contributed by atoms with Gasteiger partial charge in [0.1, 0.15) is 0 Å². The van der Waals surface area contributed by atoms with Crippen molar-refractivity contribution in [3.8, 4) is 12.1 Å². The first kappa shape index (κ1) is 12.2. The molecule has 0 atom stereocenters. The first-order chi connectivity index (χ1) is 7.57. The number of nitrogens with zero attached hydrogens (tertiary/aromatic N) is 2. The van der Waals surface area contributed by atoms with E-state index < -0.39 is 15.8 Å². The number of benzene rings is 1. The zero-order chi connectivity index (χ0) is 12.0. The number of sulfonamides is 1. The third kappa shape index (κ3) is 3.70. The van der Waals surface area contributed by atoms with E-state index >= 15 is 0 Å². The van der Waals surface area contributed by atoms with E-state index in [-0.39, 0.29) is 6.54 Å². The zero-order valence-corrected chi connectivity index (χ0v) is 9.16. The average molecular weight is 235 g/mol. The smallest absolute Gasteiger partial charge is 0.211 e. The van der Waals surface area contributed by atoms with Gasteiger partial charge in [-0.1, -0.05) is 12.1 Å². The molecule has 5 nitrogen and oxygen atoms in total. The standard InChI is InChI=1S/C10H9N3O2S/c11-5-6-16(14,15)13-8-10-3-1-9(7-12)2-4-10/h1-4,13H,6,8H2. The van der Waals surface area contributed by atoms with Gasteiger partial charge in [0.2, 0.25) is 10.0 Å². The van der Waals surface area contributed by atoms with Crippen LogP contribution in [0.15, 0.2) is 24.3 Å². The van der Waals surface area contributed by atoms with E-state index in [1.807, 2.05) is 6.07 Å². The Kier molecular flexibility index (Phi) is 4.01. The second-order valence-corrected chi connectivity index (χ2v) is 4.85. The highest BCUT2D eigenvalue weighted by molar-refractivity contribution is 7.89. The third-order valence-corrected chi connectivity index (χ3v) is 2.93. The van der Waals surface area contributed by atoms with Gasteiger partial charge in [-0.05, 0) is 17.7 Å². The Morgan fingerprint density at radius 3 is 2.31 bits per heavy atom. The monoisotopic (exact) mass is 235 g/mol. The van der Waals surface area contributed by atoms with Gasteiger partial charge in [-0.2, -0.15) is 10.5 Å². The van der Waals surface area contributed by atoms with Crippen molar-refractivity contribution in [1.82, 2.24) is 4.72 Å². The van der Waals surface area contributed by atoms with E-state index in [1.54, 1.807) is 30.3 Å². The molecule has 0 aliphatic carbocycles. The van der Waals surface area contributed by atoms with E-state index in [0.29, 0.717) is 5.56 Å². The van der Waals surface area contributed by atoms with Crippen molar-refractivity contribution in [2.75, 3.05) is 5.75 Å². The van der Waals surface area contributed by atoms with Crippen LogP contribution in [0.3, 0.4) is 0 Å². The van der Waals surface area contributed by atoms with Gasteiger partial charge in [0, 0.05) is 6.54 Å². The summed E-state index contributed by atoms with van der Waals surface area (Å²) in [7, 11) is -3.52. The quantitative estimate of drug-likeness (QED) is 0.822. The van der Waals surface area contributed by atoms with Crippen molar-refractivity contribution in [2.45, 2.75) is 6.54 Å². The molecule has 1 N–H and O–H groups in total. The lowest BCUT2D eigenvalue weighted by Crippen LogP contribution is -2.25. The third-order valence-electron chi connectivity index (χ3n) is 1.83. The van der Waals surface area contributed by atoms with Crippen LogP contribution in [0.5, 0.6) is 0 Å². The SMILES string of the molecule is N#CCS(=O)(=O)NCc1ccc(C#N)cc1. The minimum Gasteiger partial charge on any atom is -0.211 e. The summed E-state index contributed by atoms with van der Waals surface area (Å²) in [6, 6.07) is 10.1. The van der Waals surface area contributed by atoms with E-state index in [2.05, 4.69) is 4.72 Å². The summed E-state index contributed by atoms with van der Waals surface area (Å²) in [5.74, 6) is -0.552. The van der Waals surface area contributed by atoms with Crippen molar-refractivity contribution in [3.05, 3.63) is 35.4 Å². The second-order valence-electron chi connectivity index (χ2n) is 3.05. The molecule has 0 radical (unpaired) electrons. The Bertz CT molecular complexity index is 535. The number of nitriles is 2. The van der Waals surface area contributed by atoms with Crippen molar-refractivity contribution < 1.29 is 8.42 Å². The molecular weight excluding hydrogens is 226 g/mol. The van der Waals surface area contributed by atoms with Crippen molar-refractivity contribution in [3.63, 3.8) is 0 Å². The summed E-state index contributed by atoms with van der Waals surface area (Å²) in [5.41, 5.74) is 1.25. The molecule has 82 valence electrons. The van der Waals surface area contributed by atoms with Gasteiger partial charge in [-0.15, -0.1) is 0 Å². The Hall–Kier alpha value is -1.89. The van der Waals surface area contributed by atoms with Crippen LogP contribution in [0.2, 0.25) is 0 Å². The number of hydrogen-bond acceptors (Lipinski definition) is 4. The van der Waals surface area contributed by atoms with Crippen LogP contribution in [0.4, 0.5) is 0 Å². The molecule has 0 aliphatic rings. The minimum atomic E-state index is -3.52. The molecule has 0 amide bonds. The van der Waals surface area contributed by atoms with Crippen LogP contribution in [-0.2, 0) is 16.6 Å². The molecule has 0 aromatic heterocycles. The lowest BCUT2D eigenvalue weighted by Gasteiger charge is -2.03. The van der Waals surface area contributed by atoms with Crippen LogP contribution in [0.1, 0.15) is 11.1 Å². The van der Waals surface area contributed by atoms with Gasteiger partial charge < -0.3 is 0 Å². The zero-order valence-electron chi connectivity index (χ0n) is 8.34. The predicted octanol–water partition coefficient (Wildman–Crippen LogP) is 0.501. The first-order valence-corrected chi connectivity index (χ1v) is 6.06. The highest BCUT2D eigenvalue weighted by Gasteiger charge is 2.08. The average Bonchev–Trinajstić information content (AvgIpc) is 2.27. The Labute approximate surface area is 94.0 Å². The number of nitrogens with one attached hydrogen (secondary N) is 1.